The summed E-state index contributed by atoms with van der Waals surface area (Å²) in [6.45, 7) is 0.826. The van der Waals surface area contributed by atoms with E-state index in [-0.39, 0.29) is 10.7 Å². The fourth-order valence-electron chi connectivity index (χ4n) is 3.39. The highest BCUT2D eigenvalue weighted by Gasteiger charge is 2.28. The van der Waals surface area contributed by atoms with Crippen molar-refractivity contribution in [3.63, 3.8) is 0 Å². The number of carbonyl (C=O) groups is 1. The zero-order valence-corrected chi connectivity index (χ0v) is 13.3. The van der Waals surface area contributed by atoms with Crippen molar-refractivity contribution >= 4 is 27.5 Å². The first kappa shape index (κ1) is 13.1. The molecule has 0 saturated carbocycles. The molecule has 2 aliphatic rings. The summed E-state index contributed by atoms with van der Waals surface area (Å²) in [4.78, 5) is 14.2. The minimum absolute atomic E-state index is 0.0308. The van der Waals surface area contributed by atoms with Gasteiger partial charge in [-0.3, -0.25) is 4.79 Å². The Bertz CT molecular complexity index is 725. The highest BCUT2D eigenvalue weighted by molar-refractivity contribution is 9.10. The Labute approximate surface area is 132 Å². The lowest BCUT2D eigenvalue weighted by Crippen LogP contribution is -2.41. The van der Waals surface area contributed by atoms with Gasteiger partial charge in [0.15, 0.2) is 0 Å². The van der Waals surface area contributed by atoms with Gasteiger partial charge in [-0.05, 0) is 53.6 Å². The number of rotatable bonds is 1. The minimum Gasteiger partial charge on any atom is -0.311 e. The van der Waals surface area contributed by atoms with E-state index < -0.39 is 0 Å². The van der Waals surface area contributed by atoms with E-state index in [1.54, 1.807) is 0 Å². The second-order valence-corrected chi connectivity index (χ2v) is 6.88. The van der Waals surface area contributed by atoms with E-state index in [1.165, 1.54) is 22.3 Å². The molecule has 2 nitrogen and oxygen atoms in total. The number of hydrogen-bond acceptors (Lipinski definition) is 1. The Kier molecular flexibility index (Phi) is 3.11. The molecule has 1 heterocycles. The molecule has 0 N–H and O–H groups in total. The predicted octanol–water partition coefficient (Wildman–Crippen LogP) is 4.15. The van der Waals surface area contributed by atoms with Crippen LogP contribution in [0.2, 0.25) is 0 Å². The topological polar surface area (TPSA) is 20.3 Å². The van der Waals surface area contributed by atoms with Crippen LogP contribution in [0.5, 0.6) is 0 Å². The van der Waals surface area contributed by atoms with Gasteiger partial charge in [-0.1, -0.05) is 46.3 Å². The lowest BCUT2D eigenvalue weighted by atomic mass is 10.0. The average Bonchev–Trinajstić information content (AvgIpc) is 2.87. The van der Waals surface area contributed by atoms with Gasteiger partial charge >= 0.3 is 0 Å². The maximum Gasteiger partial charge on any atom is 0.240 e. The van der Waals surface area contributed by atoms with E-state index in [0.717, 1.165) is 31.5 Å². The molecule has 1 saturated heterocycles. The molecule has 0 spiro atoms. The van der Waals surface area contributed by atoms with Gasteiger partial charge in [-0.15, -0.1) is 0 Å². The van der Waals surface area contributed by atoms with Crippen LogP contribution in [0.4, 0.5) is 5.69 Å². The van der Waals surface area contributed by atoms with Crippen LogP contribution in [0.25, 0.3) is 11.1 Å². The second kappa shape index (κ2) is 4.99. The SMILES string of the molecule is O=C1C(Br)CCCN1c1ccc2c(c1)Cc1ccccc1-2. The smallest absolute Gasteiger partial charge is 0.240 e. The quantitative estimate of drug-likeness (QED) is 0.609. The van der Waals surface area contributed by atoms with Crippen LogP contribution >= 0.6 is 15.9 Å². The second-order valence-electron chi connectivity index (χ2n) is 5.78. The van der Waals surface area contributed by atoms with E-state index in [9.17, 15) is 4.79 Å². The molecule has 21 heavy (non-hydrogen) atoms. The van der Waals surface area contributed by atoms with Crippen molar-refractivity contribution < 1.29 is 4.79 Å². The van der Waals surface area contributed by atoms with Crippen LogP contribution in [-0.4, -0.2) is 17.3 Å². The highest BCUT2D eigenvalue weighted by Crippen LogP contribution is 2.38. The van der Waals surface area contributed by atoms with Gasteiger partial charge < -0.3 is 4.90 Å². The van der Waals surface area contributed by atoms with Crippen molar-refractivity contribution in [3.8, 4) is 11.1 Å². The Balaban J connectivity index is 1.72. The Morgan fingerprint density at radius 2 is 1.86 bits per heavy atom. The maximum atomic E-state index is 12.3. The van der Waals surface area contributed by atoms with Gasteiger partial charge in [-0.25, -0.2) is 0 Å². The van der Waals surface area contributed by atoms with E-state index in [1.807, 2.05) is 4.90 Å². The Morgan fingerprint density at radius 1 is 1.05 bits per heavy atom. The van der Waals surface area contributed by atoms with Crippen LogP contribution < -0.4 is 4.90 Å². The highest BCUT2D eigenvalue weighted by atomic mass is 79.9. The first-order valence-electron chi connectivity index (χ1n) is 7.41. The molecule has 1 amide bonds. The summed E-state index contributed by atoms with van der Waals surface area (Å²) in [6, 6.07) is 15.0. The van der Waals surface area contributed by atoms with Crippen molar-refractivity contribution in [3.05, 3.63) is 53.6 Å². The molecular weight excluding hydrogens is 326 g/mol. The number of amides is 1. The fourth-order valence-corrected chi connectivity index (χ4v) is 3.96. The first-order chi connectivity index (χ1) is 10.2. The molecule has 0 aromatic heterocycles. The Hall–Kier alpha value is -1.61. The molecule has 2 aromatic rings. The van der Waals surface area contributed by atoms with Crippen molar-refractivity contribution in [1.82, 2.24) is 0 Å². The largest absolute Gasteiger partial charge is 0.311 e. The van der Waals surface area contributed by atoms with Crippen molar-refractivity contribution in [2.75, 3.05) is 11.4 Å². The number of carbonyl (C=O) groups excluding carboxylic acids is 1. The first-order valence-corrected chi connectivity index (χ1v) is 8.32. The summed E-state index contributed by atoms with van der Waals surface area (Å²) in [6.07, 6.45) is 2.96. The third-order valence-corrected chi connectivity index (χ3v) is 5.31. The lowest BCUT2D eigenvalue weighted by Gasteiger charge is -2.30. The van der Waals surface area contributed by atoms with E-state index in [0.29, 0.717) is 0 Å². The number of nitrogens with zero attached hydrogens (tertiary/aromatic N) is 1. The number of anilines is 1. The zero-order chi connectivity index (χ0) is 14.4. The predicted molar refractivity (Wildman–Crippen MR) is 89.0 cm³/mol. The van der Waals surface area contributed by atoms with Crippen LogP contribution in [0.3, 0.4) is 0 Å². The van der Waals surface area contributed by atoms with Crippen molar-refractivity contribution in [2.24, 2.45) is 0 Å². The molecule has 0 bridgehead atoms. The van der Waals surface area contributed by atoms with Gasteiger partial charge in [0.1, 0.15) is 0 Å². The standard InChI is InChI=1S/C18H16BrNO/c19-17-6-3-9-20(18(17)21)14-7-8-16-13(11-14)10-12-4-1-2-5-15(12)16/h1-2,4-5,7-8,11,17H,3,6,9-10H2. The normalized spacial score (nSPS) is 20.3. The van der Waals surface area contributed by atoms with Gasteiger partial charge in [-0.2, -0.15) is 0 Å². The molecular formula is C18H16BrNO. The third kappa shape index (κ3) is 2.11. The van der Waals surface area contributed by atoms with E-state index in [2.05, 4.69) is 58.4 Å². The Morgan fingerprint density at radius 3 is 2.76 bits per heavy atom. The van der Waals surface area contributed by atoms with Gasteiger partial charge in [0.2, 0.25) is 5.91 Å². The molecule has 1 unspecified atom stereocenters. The van der Waals surface area contributed by atoms with Crippen molar-refractivity contribution in [2.45, 2.75) is 24.1 Å². The number of fused-ring (bicyclic) bond motifs is 3. The summed E-state index contributed by atoms with van der Waals surface area (Å²) >= 11 is 3.49. The van der Waals surface area contributed by atoms with Crippen LogP contribution in [0, 0.1) is 0 Å². The number of halogens is 1. The summed E-state index contributed by atoms with van der Waals surface area (Å²) in [7, 11) is 0. The van der Waals surface area contributed by atoms with Gasteiger partial charge in [0, 0.05) is 12.2 Å². The summed E-state index contributed by atoms with van der Waals surface area (Å²) in [5.41, 5.74) is 6.40. The van der Waals surface area contributed by atoms with E-state index in [4.69, 9.17) is 0 Å². The summed E-state index contributed by atoms with van der Waals surface area (Å²) in [5.74, 6) is 0.191. The maximum absolute atomic E-state index is 12.3. The fraction of sp³-hybridized carbons (Fsp3) is 0.278. The zero-order valence-electron chi connectivity index (χ0n) is 11.7. The lowest BCUT2D eigenvalue weighted by molar-refractivity contribution is -0.118. The summed E-state index contributed by atoms with van der Waals surface area (Å²) in [5, 5.41) is 0. The van der Waals surface area contributed by atoms with Crippen LogP contribution in [-0.2, 0) is 11.2 Å². The van der Waals surface area contributed by atoms with Gasteiger partial charge in [0.05, 0.1) is 4.83 Å². The monoisotopic (exact) mass is 341 g/mol. The molecule has 0 radical (unpaired) electrons. The van der Waals surface area contributed by atoms with Gasteiger partial charge in [0.25, 0.3) is 0 Å². The summed E-state index contributed by atoms with van der Waals surface area (Å²) < 4.78 is 0. The minimum atomic E-state index is -0.0308. The van der Waals surface area contributed by atoms with E-state index >= 15 is 0 Å². The third-order valence-electron chi connectivity index (χ3n) is 4.46. The molecule has 1 aliphatic heterocycles. The van der Waals surface area contributed by atoms with Crippen LogP contribution in [0.15, 0.2) is 42.5 Å². The molecule has 1 atom stereocenters. The number of alkyl halides is 1. The molecule has 3 heteroatoms. The molecule has 1 aliphatic carbocycles. The molecule has 4 rings (SSSR count). The van der Waals surface area contributed by atoms with Crippen molar-refractivity contribution in [1.29, 1.82) is 0 Å². The average molecular weight is 342 g/mol. The number of benzene rings is 2. The molecule has 2 aromatic carbocycles. The number of piperidine rings is 1. The van der Waals surface area contributed by atoms with Crippen LogP contribution in [0.1, 0.15) is 24.0 Å². The number of hydrogen-bond donors (Lipinski definition) is 0. The molecule has 1 fully saturated rings. The molecule has 106 valence electrons.